The van der Waals surface area contributed by atoms with Gasteiger partial charge >= 0.3 is 0 Å². The highest BCUT2D eigenvalue weighted by molar-refractivity contribution is 8.10. The monoisotopic (exact) mass is 324 g/mol. The van der Waals surface area contributed by atoms with Crippen LogP contribution in [0.5, 0.6) is 0 Å². The van der Waals surface area contributed by atoms with Gasteiger partial charge in [0.1, 0.15) is 0 Å². The maximum atomic E-state index is 6.26. The van der Waals surface area contributed by atoms with Crippen molar-refractivity contribution in [1.29, 1.82) is 0 Å². The molecule has 2 unspecified atom stereocenters. The zero-order chi connectivity index (χ0) is 14.5. The fourth-order valence-electron chi connectivity index (χ4n) is 2.62. The Labute approximate surface area is 124 Å². The Hall–Kier alpha value is 0.747. The average Bonchev–Trinajstić information content (AvgIpc) is 2.27. The SMILES string of the molecule is CCOP(=S)(OCC)C1CCCC(O[Si](C)(C)C)C1. The molecule has 0 spiro atoms. The highest BCUT2D eigenvalue weighted by Crippen LogP contribution is 2.58. The van der Waals surface area contributed by atoms with E-state index in [9.17, 15) is 0 Å². The minimum Gasteiger partial charge on any atom is -0.415 e. The van der Waals surface area contributed by atoms with E-state index in [1.165, 1.54) is 6.42 Å². The molecule has 3 nitrogen and oxygen atoms in total. The summed E-state index contributed by atoms with van der Waals surface area (Å²) in [5.41, 5.74) is 0.373. The summed E-state index contributed by atoms with van der Waals surface area (Å²) >= 11 is 5.74. The molecule has 0 aliphatic heterocycles. The van der Waals surface area contributed by atoms with Gasteiger partial charge in [-0.05, 0) is 64.6 Å². The van der Waals surface area contributed by atoms with Gasteiger partial charge in [-0.2, -0.15) is 0 Å². The minimum atomic E-state index is -2.13. The molecule has 114 valence electrons. The Morgan fingerprint density at radius 1 is 1.11 bits per heavy atom. The van der Waals surface area contributed by atoms with Gasteiger partial charge in [0, 0.05) is 11.8 Å². The molecule has 0 N–H and O–H groups in total. The summed E-state index contributed by atoms with van der Waals surface area (Å²) in [5, 5.41) is 0. The second kappa shape index (κ2) is 7.67. The van der Waals surface area contributed by atoms with Crippen LogP contribution in [0.2, 0.25) is 19.6 Å². The molecule has 6 heteroatoms. The molecule has 1 fully saturated rings. The normalized spacial score (nSPS) is 25.5. The van der Waals surface area contributed by atoms with Crippen molar-refractivity contribution in [2.75, 3.05) is 13.2 Å². The lowest BCUT2D eigenvalue weighted by Crippen LogP contribution is -2.36. The predicted molar refractivity (Wildman–Crippen MR) is 88.0 cm³/mol. The van der Waals surface area contributed by atoms with E-state index in [1.807, 2.05) is 13.8 Å². The van der Waals surface area contributed by atoms with Crippen molar-refractivity contribution in [1.82, 2.24) is 0 Å². The smallest absolute Gasteiger partial charge is 0.191 e. The first-order valence-electron chi connectivity index (χ1n) is 7.37. The molecule has 1 rings (SSSR count). The van der Waals surface area contributed by atoms with Gasteiger partial charge in [-0.1, -0.05) is 6.42 Å². The van der Waals surface area contributed by atoms with E-state index in [-0.39, 0.29) is 0 Å². The Morgan fingerprint density at radius 3 is 2.16 bits per heavy atom. The standard InChI is InChI=1S/C13H29O3PSSi/c1-6-14-17(18,15-7-2)13-10-8-9-12(11-13)16-19(3,4)5/h12-13H,6-11H2,1-5H3. The third-order valence-electron chi connectivity index (χ3n) is 3.18. The van der Waals surface area contributed by atoms with Crippen LogP contribution in [0.3, 0.4) is 0 Å². The molecule has 1 saturated carbocycles. The molecule has 1 aliphatic carbocycles. The van der Waals surface area contributed by atoms with Gasteiger partial charge < -0.3 is 13.5 Å². The highest BCUT2D eigenvalue weighted by Gasteiger charge is 2.36. The summed E-state index contributed by atoms with van der Waals surface area (Å²) in [5.74, 6) is 0. The Balaban J connectivity index is 2.68. The van der Waals surface area contributed by atoms with Crippen molar-refractivity contribution >= 4 is 26.6 Å². The lowest BCUT2D eigenvalue weighted by Gasteiger charge is -2.38. The molecule has 0 radical (unpaired) electrons. The Morgan fingerprint density at radius 2 is 1.68 bits per heavy atom. The zero-order valence-corrected chi connectivity index (χ0v) is 15.7. The second-order valence-corrected chi connectivity index (χ2v) is 14.4. The second-order valence-electron chi connectivity index (χ2n) is 6.05. The molecule has 0 aromatic carbocycles. The molecular formula is C13H29O3PSSi. The quantitative estimate of drug-likeness (QED) is 0.508. The van der Waals surface area contributed by atoms with E-state index >= 15 is 0 Å². The summed E-state index contributed by atoms with van der Waals surface area (Å²) in [6, 6.07) is 0. The third kappa shape index (κ3) is 5.94. The van der Waals surface area contributed by atoms with Crippen LogP contribution in [-0.2, 0) is 25.3 Å². The van der Waals surface area contributed by atoms with E-state index in [0.717, 1.165) is 19.3 Å². The van der Waals surface area contributed by atoms with Crippen molar-refractivity contribution in [2.24, 2.45) is 0 Å². The van der Waals surface area contributed by atoms with Crippen molar-refractivity contribution in [3.05, 3.63) is 0 Å². The number of rotatable bonds is 7. The number of hydrogen-bond donors (Lipinski definition) is 0. The summed E-state index contributed by atoms with van der Waals surface area (Å²) in [6.45, 7) is 9.90. The van der Waals surface area contributed by atoms with Gasteiger partial charge in [0.05, 0.1) is 13.2 Å². The summed E-state index contributed by atoms with van der Waals surface area (Å²) in [6.07, 6.45) is 4.84. The lowest BCUT2D eigenvalue weighted by molar-refractivity contribution is 0.141. The highest BCUT2D eigenvalue weighted by atomic mass is 32.5. The lowest BCUT2D eigenvalue weighted by atomic mass is 9.97. The largest absolute Gasteiger partial charge is 0.415 e. The van der Waals surface area contributed by atoms with Crippen molar-refractivity contribution in [2.45, 2.75) is 70.9 Å². The van der Waals surface area contributed by atoms with Gasteiger partial charge in [0.15, 0.2) is 14.8 Å². The molecule has 1 aliphatic rings. The van der Waals surface area contributed by atoms with Crippen molar-refractivity contribution < 1.29 is 13.5 Å². The van der Waals surface area contributed by atoms with Crippen molar-refractivity contribution in [3.63, 3.8) is 0 Å². The van der Waals surface area contributed by atoms with Crippen LogP contribution < -0.4 is 0 Å². The maximum absolute atomic E-state index is 6.26. The van der Waals surface area contributed by atoms with Crippen LogP contribution in [0.4, 0.5) is 0 Å². The number of hydrogen-bond acceptors (Lipinski definition) is 4. The van der Waals surface area contributed by atoms with Crippen LogP contribution in [0.25, 0.3) is 0 Å². The van der Waals surface area contributed by atoms with Gasteiger partial charge in [-0.25, -0.2) is 0 Å². The van der Waals surface area contributed by atoms with E-state index in [4.69, 9.17) is 25.3 Å². The predicted octanol–water partition coefficient (Wildman–Crippen LogP) is 4.53. The van der Waals surface area contributed by atoms with Gasteiger partial charge in [-0.15, -0.1) is 0 Å². The van der Waals surface area contributed by atoms with Gasteiger partial charge in [0.25, 0.3) is 0 Å². The molecule has 0 aromatic rings. The van der Waals surface area contributed by atoms with E-state index in [0.29, 0.717) is 25.0 Å². The fraction of sp³-hybridized carbons (Fsp3) is 1.00. The molecular weight excluding hydrogens is 295 g/mol. The first kappa shape index (κ1) is 17.8. The molecule has 0 heterocycles. The fourth-order valence-corrected chi connectivity index (χ4v) is 7.25. The molecule has 19 heavy (non-hydrogen) atoms. The molecule has 0 amide bonds. The van der Waals surface area contributed by atoms with E-state index < -0.39 is 14.8 Å². The Bertz CT molecular complexity index is 310. The van der Waals surface area contributed by atoms with Crippen LogP contribution in [0.1, 0.15) is 39.5 Å². The summed E-state index contributed by atoms with van der Waals surface area (Å²) in [4.78, 5) is 0. The van der Waals surface area contributed by atoms with E-state index in [2.05, 4.69) is 19.6 Å². The topological polar surface area (TPSA) is 27.7 Å². The van der Waals surface area contributed by atoms with E-state index in [1.54, 1.807) is 0 Å². The van der Waals surface area contributed by atoms with Crippen LogP contribution >= 0.6 is 6.49 Å². The molecule has 2 atom stereocenters. The van der Waals surface area contributed by atoms with Crippen LogP contribution in [0, 0.1) is 0 Å². The molecule has 0 saturated heterocycles. The zero-order valence-electron chi connectivity index (χ0n) is 13.0. The van der Waals surface area contributed by atoms with Gasteiger partial charge in [-0.3, -0.25) is 0 Å². The third-order valence-corrected chi connectivity index (χ3v) is 8.35. The minimum absolute atomic E-state index is 0.355. The molecule has 0 aromatic heterocycles. The maximum Gasteiger partial charge on any atom is 0.191 e. The molecule has 0 bridgehead atoms. The average molecular weight is 324 g/mol. The van der Waals surface area contributed by atoms with Crippen LogP contribution in [-0.4, -0.2) is 33.3 Å². The first-order valence-corrected chi connectivity index (χ1v) is 13.5. The van der Waals surface area contributed by atoms with Gasteiger partial charge in [0.2, 0.25) is 0 Å². The Kier molecular flexibility index (Phi) is 7.18. The first-order chi connectivity index (χ1) is 8.80. The van der Waals surface area contributed by atoms with Crippen LogP contribution in [0.15, 0.2) is 0 Å². The van der Waals surface area contributed by atoms with Crippen molar-refractivity contribution in [3.8, 4) is 0 Å². The summed E-state index contributed by atoms with van der Waals surface area (Å²) in [7, 11) is -1.47. The summed E-state index contributed by atoms with van der Waals surface area (Å²) < 4.78 is 18.0.